The first-order valence-corrected chi connectivity index (χ1v) is 13.0. The number of nitrogens with zero attached hydrogens (tertiary/aromatic N) is 4. The maximum Gasteiger partial charge on any atom is 0.258 e. The molecule has 1 aliphatic heterocycles. The van der Waals surface area contributed by atoms with Crippen LogP contribution in [-0.2, 0) is 25.6 Å². The molecule has 182 valence electrons. The summed E-state index contributed by atoms with van der Waals surface area (Å²) in [4.78, 5) is 15.4. The number of hydrogen-bond acceptors (Lipinski definition) is 4. The summed E-state index contributed by atoms with van der Waals surface area (Å²) in [5.41, 5.74) is 4.85. The number of aromatic nitrogens is 3. The maximum atomic E-state index is 13.6. The number of benzene rings is 2. The first kappa shape index (κ1) is 22.7. The molecule has 2 heterocycles. The number of aryl methyl sites for hydroxylation is 1. The lowest BCUT2D eigenvalue weighted by molar-refractivity contribution is 0.0996. The fraction of sp³-hybridized carbons (Fsp3) is 0.464. The topological polar surface area (TPSA) is 63.1 Å². The number of hydrogen-bond donors (Lipinski definition) is 1. The Morgan fingerprint density at radius 1 is 1.20 bits per heavy atom. The van der Waals surface area contributed by atoms with Gasteiger partial charge in [-0.15, -0.1) is 10.2 Å². The molecule has 6 rings (SSSR count). The monoisotopic (exact) mass is 489 g/mol. The second-order valence-electron chi connectivity index (χ2n) is 11.2. The van der Waals surface area contributed by atoms with Crippen molar-refractivity contribution in [3.05, 3.63) is 75.8 Å². The summed E-state index contributed by atoms with van der Waals surface area (Å²) in [6.45, 7) is 5.76. The molecule has 0 radical (unpaired) electrons. The summed E-state index contributed by atoms with van der Waals surface area (Å²) < 4.78 is 2.02. The molecule has 0 unspecified atom stereocenters. The Labute approximate surface area is 211 Å². The zero-order chi connectivity index (χ0) is 24.4. The van der Waals surface area contributed by atoms with Gasteiger partial charge in [0.2, 0.25) is 0 Å². The number of halogens is 1. The predicted octanol–water partition coefficient (Wildman–Crippen LogP) is 5.38. The molecule has 2 saturated carbocycles. The number of amides is 1. The number of anilines is 1. The Kier molecular flexibility index (Phi) is 5.31. The van der Waals surface area contributed by atoms with Crippen LogP contribution in [-0.4, -0.2) is 26.2 Å². The fourth-order valence-corrected chi connectivity index (χ4v) is 6.60. The highest BCUT2D eigenvalue weighted by Gasteiger charge is 2.48. The zero-order valence-electron chi connectivity index (χ0n) is 20.6. The van der Waals surface area contributed by atoms with Crippen LogP contribution in [0.3, 0.4) is 0 Å². The van der Waals surface area contributed by atoms with Gasteiger partial charge in [0.05, 0.1) is 12.0 Å². The Morgan fingerprint density at radius 2 is 2.00 bits per heavy atom. The molecule has 0 saturated heterocycles. The van der Waals surface area contributed by atoms with Crippen LogP contribution in [0.2, 0.25) is 5.02 Å². The molecular weight excluding hydrogens is 458 g/mol. The van der Waals surface area contributed by atoms with Crippen LogP contribution < -0.4 is 10.2 Å². The van der Waals surface area contributed by atoms with Crippen molar-refractivity contribution in [2.75, 3.05) is 4.90 Å². The van der Waals surface area contributed by atoms with E-state index >= 15 is 0 Å². The predicted molar refractivity (Wildman–Crippen MR) is 138 cm³/mol. The number of carbonyl (C=O) groups is 1. The molecule has 3 aromatic rings. The highest BCUT2D eigenvalue weighted by Crippen LogP contribution is 2.52. The van der Waals surface area contributed by atoms with Gasteiger partial charge in [-0.05, 0) is 80.3 Å². The smallest absolute Gasteiger partial charge is 0.258 e. The summed E-state index contributed by atoms with van der Waals surface area (Å²) in [5.74, 6) is 1.63. The molecule has 2 fully saturated rings. The van der Waals surface area contributed by atoms with Crippen molar-refractivity contribution in [3.8, 4) is 0 Å². The lowest BCUT2D eigenvalue weighted by Crippen LogP contribution is -2.47. The van der Waals surface area contributed by atoms with E-state index in [9.17, 15) is 4.79 Å². The quantitative estimate of drug-likeness (QED) is 0.505. The summed E-state index contributed by atoms with van der Waals surface area (Å²) in [7, 11) is 2.00. The van der Waals surface area contributed by atoms with Gasteiger partial charge in [-0.3, -0.25) is 4.79 Å². The van der Waals surface area contributed by atoms with Gasteiger partial charge < -0.3 is 14.8 Å². The van der Waals surface area contributed by atoms with E-state index in [0.717, 1.165) is 47.6 Å². The third-order valence-electron chi connectivity index (χ3n) is 8.47. The van der Waals surface area contributed by atoms with Gasteiger partial charge in [-0.2, -0.15) is 0 Å². The van der Waals surface area contributed by atoms with E-state index in [-0.39, 0.29) is 16.9 Å². The SMILES string of the molecule is CC1CC(c2cccc(N3Cc4c(Cl)cc(CNC5(C)CCC5)cc4C3=O)c2)(c2nncn2C)C1. The average molecular weight is 490 g/mol. The van der Waals surface area contributed by atoms with Gasteiger partial charge in [0, 0.05) is 41.0 Å². The van der Waals surface area contributed by atoms with Crippen LogP contribution in [0.15, 0.2) is 42.7 Å². The maximum absolute atomic E-state index is 13.6. The number of carbonyl (C=O) groups excluding carboxylic acids is 1. The molecule has 1 amide bonds. The minimum Gasteiger partial charge on any atom is -0.320 e. The number of nitrogens with one attached hydrogen (secondary N) is 1. The van der Waals surface area contributed by atoms with Crippen LogP contribution in [0, 0.1) is 5.92 Å². The van der Waals surface area contributed by atoms with Crippen molar-refractivity contribution in [1.82, 2.24) is 20.1 Å². The molecule has 0 spiro atoms. The molecule has 3 aliphatic rings. The minimum atomic E-state index is -0.162. The Bertz CT molecular complexity index is 1300. The van der Waals surface area contributed by atoms with Gasteiger partial charge >= 0.3 is 0 Å². The molecule has 6 nitrogen and oxygen atoms in total. The van der Waals surface area contributed by atoms with Crippen LogP contribution in [0.1, 0.15) is 78.8 Å². The van der Waals surface area contributed by atoms with E-state index in [1.807, 2.05) is 34.7 Å². The standard InChI is InChI=1S/C28H32ClN5O/c1-18-13-28(14-18,26-32-31-17-33(26)3)20-6-4-7-21(12-20)34-16-23-22(25(34)35)10-19(11-24(23)29)15-30-27(2)8-5-9-27/h4,6-7,10-12,17-18,30H,5,8-9,13-16H2,1-3H3. The third kappa shape index (κ3) is 3.69. The summed E-state index contributed by atoms with van der Waals surface area (Å²) in [6.07, 6.45) is 7.49. The summed E-state index contributed by atoms with van der Waals surface area (Å²) >= 11 is 6.70. The van der Waals surface area contributed by atoms with Crippen molar-refractivity contribution in [2.24, 2.45) is 13.0 Å². The lowest BCUT2D eigenvalue weighted by Gasteiger charge is -2.46. The van der Waals surface area contributed by atoms with Crippen molar-refractivity contribution in [3.63, 3.8) is 0 Å². The molecule has 1 aromatic heterocycles. The van der Waals surface area contributed by atoms with E-state index in [4.69, 9.17) is 11.6 Å². The molecule has 0 atom stereocenters. The van der Waals surface area contributed by atoms with E-state index in [1.54, 1.807) is 6.33 Å². The molecule has 0 bridgehead atoms. The zero-order valence-corrected chi connectivity index (χ0v) is 21.4. The van der Waals surface area contributed by atoms with Crippen LogP contribution in [0.4, 0.5) is 5.69 Å². The summed E-state index contributed by atoms with van der Waals surface area (Å²) in [5, 5.41) is 12.9. The van der Waals surface area contributed by atoms with Crippen LogP contribution in [0.25, 0.3) is 0 Å². The first-order valence-electron chi connectivity index (χ1n) is 12.6. The van der Waals surface area contributed by atoms with Gasteiger partial charge in [-0.25, -0.2) is 0 Å². The van der Waals surface area contributed by atoms with Gasteiger partial charge in [0.15, 0.2) is 0 Å². The first-order chi connectivity index (χ1) is 16.8. The third-order valence-corrected chi connectivity index (χ3v) is 8.80. The largest absolute Gasteiger partial charge is 0.320 e. The van der Waals surface area contributed by atoms with Crippen LogP contribution in [0.5, 0.6) is 0 Å². The van der Waals surface area contributed by atoms with E-state index in [0.29, 0.717) is 17.5 Å². The Morgan fingerprint density at radius 3 is 2.66 bits per heavy atom. The molecule has 7 heteroatoms. The molecule has 35 heavy (non-hydrogen) atoms. The molecule has 2 aliphatic carbocycles. The van der Waals surface area contributed by atoms with E-state index in [1.165, 1.54) is 24.8 Å². The van der Waals surface area contributed by atoms with Gasteiger partial charge in [-0.1, -0.05) is 30.7 Å². The highest BCUT2D eigenvalue weighted by molar-refractivity contribution is 6.32. The van der Waals surface area contributed by atoms with Crippen molar-refractivity contribution >= 4 is 23.2 Å². The second-order valence-corrected chi connectivity index (χ2v) is 11.6. The molecular formula is C28H32ClN5O. The number of fused-ring (bicyclic) bond motifs is 1. The second kappa shape index (κ2) is 8.17. The van der Waals surface area contributed by atoms with Gasteiger partial charge in [0.1, 0.15) is 12.2 Å². The van der Waals surface area contributed by atoms with Crippen molar-refractivity contribution < 1.29 is 4.79 Å². The number of rotatable bonds is 6. The summed E-state index contributed by atoms with van der Waals surface area (Å²) in [6, 6.07) is 12.4. The van der Waals surface area contributed by atoms with Gasteiger partial charge in [0.25, 0.3) is 5.91 Å². The van der Waals surface area contributed by atoms with E-state index < -0.39 is 0 Å². The van der Waals surface area contributed by atoms with Crippen LogP contribution >= 0.6 is 11.6 Å². The molecule has 1 N–H and O–H groups in total. The lowest BCUT2D eigenvalue weighted by atomic mass is 9.58. The highest BCUT2D eigenvalue weighted by atomic mass is 35.5. The Hall–Kier alpha value is -2.70. The normalized spacial score (nSPS) is 24.7. The molecule has 2 aromatic carbocycles. The average Bonchev–Trinajstić information content (AvgIpc) is 3.38. The van der Waals surface area contributed by atoms with Crippen molar-refractivity contribution in [2.45, 2.75) is 70.0 Å². The van der Waals surface area contributed by atoms with Crippen molar-refractivity contribution in [1.29, 1.82) is 0 Å². The Balaban J connectivity index is 1.29. The fourth-order valence-electron chi connectivity index (χ4n) is 6.29. The minimum absolute atomic E-state index is 0.0189. The van der Waals surface area contributed by atoms with E-state index in [2.05, 4.69) is 47.6 Å².